The van der Waals surface area contributed by atoms with Crippen LogP contribution in [0.15, 0.2) is 30.6 Å². The van der Waals surface area contributed by atoms with Gasteiger partial charge in [-0.25, -0.2) is 4.98 Å². The minimum atomic E-state index is -0.407. The second-order valence-corrected chi connectivity index (χ2v) is 5.94. The minimum absolute atomic E-state index is 0.0517. The first kappa shape index (κ1) is 18.8. The second kappa shape index (κ2) is 8.53. The first-order valence-electron chi connectivity index (χ1n) is 8.15. The van der Waals surface area contributed by atoms with E-state index in [-0.39, 0.29) is 11.8 Å². The molecule has 1 aromatic carbocycles. The van der Waals surface area contributed by atoms with E-state index in [0.29, 0.717) is 18.0 Å². The number of methoxy groups -OCH3 is 2. The van der Waals surface area contributed by atoms with Crippen molar-refractivity contribution in [2.24, 2.45) is 13.0 Å². The molecule has 0 radical (unpaired) electrons. The predicted octanol–water partition coefficient (Wildman–Crippen LogP) is 1.50. The molecule has 0 spiro atoms. The van der Waals surface area contributed by atoms with Crippen LogP contribution < -0.4 is 20.1 Å². The molecule has 2 aromatic rings. The lowest BCUT2D eigenvalue weighted by Gasteiger charge is -2.22. The Labute approximate surface area is 148 Å². The molecule has 0 bridgehead atoms. The third-order valence-electron chi connectivity index (χ3n) is 4.07. The van der Waals surface area contributed by atoms with Crippen LogP contribution in [-0.4, -0.2) is 43.3 Å². The molecule has 1 heterocycles. The van der Waals surface area contributed by atoms with E-state index >= 15 is 0 Å². The fraction of sp³-hybridized carbons (Fsp3) is 0.444. The van der Waals surface area contributed by atoms with Crippen LogP contribution >= 0.6 is 0 Å². The van der Waals surface area contributed by atoms with Crippen LogP contribution in [0.4, 0.5) is 0 Å². The lowest BCUT2D eigenvalue weighted by Crippen LogP contribution is -2.38. The molecular weight excluding hydrogens is 320 g/mol. The number of aromatic nitrogens is 2. The number of amides is 1. The van der Waals surface area contributed by atoms with E-state index in [1.54, 1.807) is 26.5 Å². The van der Waals surface area contributed by atoms with Crippen molar-refractivity contribution in [3.63, 3.8) is 0 Å². The first-order chi connectivity index (χ1) is 12.0. The summed E-state index contributed by atoms with van der Waals surface area (Å²) in [5.74, 6) is 1.84. The summed E-state index contributed by atoms with van der Waals surface area (Å²) in [6.07, 6.45) is 3.56. The van der Waals surface area contributed by atoms with Crippen molar-refractivity contribution < 1.29 is 14.3 Å². The Hall–Kier alpha value is -2.54. The van der Waals surface area contributed by atoms with Gasteiger partial charge in [0, 0.05) is 38.0 Å². The van der Waals surface area contributed by atoms with Gasteiger partial charge in [-0.1, -0.05) is 6.92 Å². The fourth-order valence-electron chi connectivity index (χ4n) is 2.63. The Morgan fingerprint density at radius 1 is 1.24 bits per heavy atom. The van der Waals surface area contributed by atoms with E-state index in [0.717, 1.165) is 11.4 Å². The molecule has 136 valence electrons. The molecule has 0 aliphatic rings. The van der Waals surface area contributed by atoms with Crippen molar-refractivity contribution in [2.45, 2.75) is 13.0 Å². The summed E-state index contributed by atoms with van der Waals surface area (Å²) >= 11 is 0. The maximum atomic E-state index is 12.6. The van der Waals surface area contributed by atoms with Crippen LogP contribution in [0, 0.1) is 5.92 Å². The zero-order valence-electron chi connectivity index (χ0n) is 15.4. The number of carbonyl (C=O) groups excluding carboxylic acids is 1. The number of hydrogen-bond donors (Lipinski definition) is 2. The molecule has 0 saturated carbocycles. The third kappa shape index (κ3) is 4.51. The Morgan fingerprint density at radius 2 is 1.88 bits per heavy atom. The number of ether oxygens (including phenoxy) is 2. The standard InChI is InChI=1S/C18H26N4O3/c1-12(11-19-2)18(23)21-16(17-20-6-7-22(17)3)13-8-14(24-4)10-15(9-13)25-5/h6-10,12,16,19H,11H2,1-5H3,(H,21,23). The minimum Gasteiger partial charge on any atom is -0.497 e. The molecule has 2 unspecified atom stereocenters. The van der Waals surface area contributed by atoms with E-state index in [2.05, 4.69) is 15.6 Å². The topological polar surface area (TPSA) is 77.4 Å². The number of hydrogen-bond acceptors (Lipinski definition) is 5. The van der Waals surface area contributed by atoms with E-state index in [9.17, 15) is 4.79 Å². The van der Waals surface area contributed by atoms with Crippen molar-refractivity contribution in [3.05, 3.63) is 42.0 Å². The lowest BCUT2D eigenvalue weighted by molar-refractivity contribution is -0.124. The smallest absolute Gasteiger partial charge is 0.224 e. The van der Waals surface area contributed by atoms with Gasteiger partial charge in [-0.2, -0.15) is 0 Å². The van der Waals surface area contributed by atoms with Crippen molar-refractivity contribution in [1.29, 1.82) is 0 Å². The highest BCUT2D eigenvalue weighted by Gasteiger charge is 2.24. The van der Waals surface area contributed by atoms with E-state index < -0.39 is 6.04 Å². The quantitative estimate of drug-likeness (QED) is 0.757. The van der Waals surface area contributed by atoms with Crippen LogP contribution in [0.3, 0.4) is 0 Å². The predicted molar refractivity (Wildman–Crippen MR) is 95.8 cm³/mol. The van der Waals surface area contributed by atoms with Crippen LogP contribution in [0.5, 0.6) is 11.5 Å². The van der Waals surface area contributed by atoms with E-state index in [1.165, 1.54) is 0 Å². The maximum Gasteiger partial charge on any atom is 0.224 e. The van der Waals surface area contributed by atoms with Crippen LogP contribution in [-0.2, 0) is 11.8 Å². The number of imidazole rings is 1. The van der Waals surface area contributed by atoms with E-state index in [1.807, 2.05) is 43.9 Å². The van der Waals surface area contributed by atoms with Crippen molar-refractivity contribution >= 4 is 5.91 Å². The molecule has 7 heteroatoms. The normalized spacial score (nSPS) is 13.2. The molecule has 0 aliphatic carbocycles. The molecule has 2 rings (SSSR count). The highest BCUT2D eigenvalue weighted by molar-refractivity contribution is 5.79. The summed E-state index contributed by atoms with van der Waals surface area (Å²) in [6, 6.07) is 5.15. The van der Waals surface area contributed by atoms with Crippen LogP contribution in [0.1, 0.15) is 24.4 Å². The van der Waals surface area contributed by atoms with Crippen LogP contribution in [0.2, 0.25) is 0 Å². The summed E-state index contributed by atoms with van der Waals surface area (Å²) < 4.78 is 12.6. The maximum absolute atomic E-state index is 12.6. The Morgan fingerprint density at radius 3 is 2.36 bits per heavy atom. The van der Waals surface area contributed by atoms with Gasteiger partial charge in [0.2, 0.25) is 5.91 Å². The van der Waals surface area contributed by atoms with Crippen molar-refractivity contribution in [1.82, 2.24) is 20.2 Å². The number of nitrogens with one attached hydrogen (secondary N) is 2. The summed E-state index contributed by atoms with van der Waals surface area (Å²) in [5, 5.41) is 6.11. The molecule has 0 saturated heterocycles. The molecule has 1 amide bonds. The number of rotatable bonds is 8. The molecule has 0 fully saturated rings. The SMILES string of the molecule is CNCC(C)C(=O)NC(c1cc(OC)cc(OC)c1)c1nccn1C. The van der Waals surface area contributed by atoms with Gasteiger partial charge in [0.15, 0.2) is 0 Å². The zero-order chi connectivity index (χ0) is 18.4. The molecule has 7 nitrogen and oxygen atoms in total. The van der Waals surface area contributed by atoms with Crippen molar-refractivity contribution in [3.8, 4) is 11.5 Å². The molecule has 2 N–H and O–H groups in total. The largest absolute Gasteiger partial charge is 0.497 e. The number of benzene rings is 1. The fourth-order valence-corrected chi connectivity index (χ4v) is 2.63. The Balaban J connectivity index is 2.42. The summed E-state index contributed by atoms with van der Waals surface area (Å²) in [6.45, 7) is 2.48. The first-order valence-corrected chi connectivity index (χ1v) is 8.15. The summed E-state index contributed by atoms with van der Waals surface area (Å²) in [5.41, 5.74) is 0.843. The number of aryl methyl sites for hydroxylation is 1. The Bertz CT molecular complexity index is 692. The van der Waals surface area contributed by atoms with Gasteiger partial charge in [-0.15, -0.1) is 0 Å². The van der Waals surface area contributed by atoms with Gasteiger partial charge in [-0.05, 0) is 24.7 Å². The Kier molecular flexibility index (Phi) is 6.41. The van der Waals surface area contributed by atoms with Gasteiger partial charge in [-0.3, -0.25) is 4.79 Å². The highest BCUT2D eigenvalue weighted by atomic mass is 16.5. The average Bonchev–Trinajstić information content (AvgIpc) is 3.04. The molecule has 2 atom stereocenters. The summed E-state index contributed by atoms with van der Waals surface area (Å²) in [7, 11) is 6.92. The van der Waals surface area contributed by atoms with Gasteiger partial charge in [0.25, 0.3) is 0 Å². The average molecular weight is 346 g/mol. The van der Waals surface area contributed by atoms with Crippen LogP contribution in [0.25, 0.3) is 0 Å². The van der Waals surface area contributed by atoms with Gasteiger partial charge >= 0.3 is 0 Å². The monoisotopic (exact) mass is 346 g/mol. The summed E-state index contributed by atoms with van der Waals surface area (Å²) in [4.78, 5) is 17.0. The number of nitrogens with zero attached hydrogens (tertiary/aromatic N) is 2. The molecule has 0 aliphatic heterocycles. The second-order valence-electron chi connectivity index (χ2n) is 5.94. The molecule has 1 aromatic heterocycles. The van der Waals surface area contributed by atoms with Crippen molar-refractivity contribution in [2.75, 3.05) is 27.8 Å². The highest BCUT2D eigenvalue weighted by Crippen LogP contribution is 2.29. The van der Waals surface area contributed by atoms with Gasteiger partial charge in [0.1, 0.15) is 23.4 Å². The molecule has 25 heavy (non-hydrogen) atoms. The lowest BCUT2D eigenvalue weighted by atomic mass is 10.0. The molecular formula is C18H26N4O3. The van der Waals surface area contributed by atoms with E-state index in [4.69, 9.17) is 9.47 Å². The zero-order valence-corrected chi connectivity index (χ0v) is 15.4. The third-order valence-corrected chi connectivity index (χ3v) is 4.07. The van der Waals surface area contributed by atoms with Gasteiger partial charge < -0.3 is 24.7 Å². The van der Waals surface area contributed by atoms with Gasteiger partial charge in [0.05, 0.1) is 14.2 Å². The number of carbonyl (C=O) groups is 1.